The van der Waals surface area contributed by atoms with Crippen LogP contribution in [-0.4, -0.2) is 29.4 Å². The van der Waals surface area contributed by atoms with E-state index in [0.717, 1.165) is 20.7 Å². The molecule has 1 aromatic carbocycles. The van der Waals surface area contributed by atoms with E-state index in [-0.39, 0.29) is 6.54 Å². The van der Waals surface area contributed by atoms with Crippen LogP contribution in [0.5, 0.6) is 0 Å². The number of carbonyl (C=O) groups is 3. The van der Waals surface area contributed by atoms with Crippen LogP contribution in [0.25, 0.3) is 10.1 Å². The fourth-order valence-corrected chi connectivity index (χ4v) is 3.53. The molecule has 8 heteroatoms. The van der Waals surface area contributed by atoms with Gasteiger partial charge in [0.1, 0.15) is 11.4 Å². The molecule has 0 atom stereocenters. The van der Waals surface area contributed by atoms with Gasteiger partial charge in [-0.15, -0.1) is 11.3 Å². The molecule has 0 spiro atoms. The van der Waals surface area contributed by atoms with Gasteiger partial charge in [0, 0.05) is 10.1 Å². The number of imide groups is 1. The molecule has 0 bridgehead atoms. The van der Waals surface area contributed by atoms with Gasteiger partial charge in [0.2, 0.25) is 5.91 Å². The molecule has 6 nitrogen and oxygen atoms in total. The van der Waals surface area contributed by atoms with Crippen LogP contribution >= 0.6 is 22.9 Å². The molecule has 0 saturated carbocycles. The Hall–Kier alpha value is -2.12. The van der Waals surface area contributed by atoms with Crippen molar-refractivity contribution in [3.05, 3.63) is 33.7 Å². The fourth-order valence-electron chi connectivity index (χ4n) is 2.02. The van der Waals surface area contributed by atoms with Crippen molar-refractivity contribution < 1.29 is 14.4 Å². The molecule has 4 amide bonds. The molecule has 0 radical (unpaired) electrons. The molecular weight excluding hydrogens is 314 g/mol. The Balaban J connectivity index is 1.89. The van der Waals surface area contributed by atoms with Crippen LogP contribution in [0.2, 0.25) is 5.02 Å². The second-order valence-electron chi connectivity index (χ2n) is 4.63. The summed E-state index contributed by atoms with van der Waals surface area (Å²) in [5.74, 6) is -0.970. The number of nitrogens with one attached hydrogen (secondary N) is 2. The van der Waals surface area contributed by atoms with Crippen molar-refractivity contribution in [1.82, 2.24) is 15.8 Å². The van der Waals surface area contributed by atoms with Gasteiger partial charge in [-0.3, -0.25) is 20.3 Å². The number of hydrazine groups is 1. The van der Waals surface area contributed by atoms with Gasteiger partial charge in [-0.1, -0.05) is 23.7 Å². The summed E-state index contributed by atoms with van der Waals surface area (Å²) in [6.07, 6.45) is 0. The van der Waals surface area contributed by atoms with E-state index in [4.69, 9.17) is 11.6 Å². The molecule has 1 aliphatic heterocycles. The Morgan fingerprint density at radius 1 is 1.43 bits per heavy atom. The Bertz CT molecular complexity index is 786. The first-order valence-electron chi connectivity index (χ1n) is 6.06. The minimum Gasteiger partial charge on any atom is -0.275 e. The van der Waals surface area contributed by atoms with Crippen molar-refractivity contribution in [2.45, 2.75) is 6.92 Å². The van der Waals surface area contributed by atoms with Crippen molar-refractivity contribution in [1.29, 1.82) is 0 Å². The SMILES string of the molecule is Cc1ccc2c(Cl)c(C(=O)NN3CC(=O)NC3=O)sc2c1. The van der Waals surface area contributed by atoms with E-state index in [9.17, 15) is 14.4 Å². The van der Waals surface area contributed by atoms with Crippen LogP contribution in [0.4, 0.5) is 4.79 Å². The van der Waals surface area contributed by atoms with Gasteiger partial charge in [0.15, 0.2) is 0 Å². The van der Waals surface area contributed by atoms with Crippen LogP contribution in [0, 0.1) is 6.92 Å². The number of thiophene rings is 1. The first-order valence-corrected chi connectivity index (χ1v) is 7.26. The largest absolute Gasteiger partial charge is 0.343 e. The zero-order chi connectivity index (χ0) is 15.1. The van der Waals surface area contributed by atoms with Crippen LogP contribution in [0.1, 0.15) is 15.2 Å². The summed E-state index contributed by atoms with van der Waals surface area (Å²) >= 11 is 7.46. The number of hydrogen-bond acceptors (Lipinski definition) is 4. The van der Waals surface area contributed by atoms with Crippen LogP contribution in [-0.2, 0) is 4.79 Å². The first-order chi connectivity index (χ1) is 9.95. The minimum atomic E-state index is -0.651. The maximum atomic E-state index is 12.2. The summed E-state index contributed by atoms with van der Waals surface area (Å²) in [6, 6.07) is 5.05. The average molecular weight is 324 g/mol. The highest BCUT2D eigenvalue weighted by Crippen LogP contribution is 2.35. The number of urea groups is 1. The lowest BCUT2D eigenvalue weighted by Crippen LogP contribution is -2.43. The van der Waals surface area contributed by atoms with Crippen molar-refractivity contribution in [2.75, 3.05) is 6.54 Å². The molecule has 0 aliphatic carbocycles. The molecule has 3 rings (SSSR count). The Morgan fingerprint density at radius 2 is 2.19 bits per heavy atom. The van der Waals surface area contributed by atoms with Crippen molar-refractivity contribution in [3.8, 4) is 0 Å². The van der Waals surface area contributed by atoms with Gasteiger partial charge in [0.05, 0.1) is 5.02 Å². The zero-order valence-electron chi connectivity index (χ0n) is 10.9. The standard InChI is InChI=1S/C13H10ClN3O3S/c1-6-2-3-7-8(4-6)21-11(10(7)14)12(19)16-17-5-9(18)15-13(17)20/h2-4H,5H2,1H3,(H,16,19)(H,15,18,20). The molecule has 0 unspecified atom stereocenters. The van der Waals surface area contributed by atoms with Crippen LogP contribution in [0.15, 0.2) is 18.2 Å². The smallest absolute Gasteiger partial charge is 0.275 e. The molecule has 2 N–H and O–H groups in total. The van der Waals surface area contributed by atoms with Crippen LogP contribution in [0.3, 0.4) is 0 Å². The number of hydrogen-bond donors (Lipinski definition) is 2. The molecule has 1 fully saturated rings. The van der Waals surface area contributed by atoms with E-state index in [0.29, 0.717) is 9.90 Å². The van der Waals surface area contributed by atoms with Gasteiger partial charge in [-0.2, -0.15) is 0 Å². The second-order valence-corrected chi connectivity index (χ2v) is 6.06. The number of benzene rings is 1. The van der Waals surface area contributed by atoms with E-state index >= 15 is 0 Å². The highest BCUT2D eigenvalue weighted by molar-refractivity contribution is 7.21. The number of amides is 4. The quantitative estimate of drug-likeness (QED) is 0.830. The summed E-state index contributed by atoms with van der Waals surface area (Å²) in [6.45, 7) is 1.75. The zero-order valence-corrected chi connectivity index (χ0v) is 12.5. The number of fused-ring (bicyclic) bond motifs is 1. The van der Waals surface area contributed by atoms with Gasteiger partial charge in [-0.25, -0.2) is 9.80 Å². The van der Waals surface area contributed by atoms with Gasteiger partial charge >= 0.3 is 6.03 Å². The number of aryl methyl sites for hydroxylation is 1. The molecule has 1 saturated heterocycles. The van der Waals surface area contributed by atoms with E-state index in [1.807, 2.05) is 25.1 Å². The van der Waals surface area contributed by atoms with Crippen LogP contribution < -0.4 is 10.7 Å². The maximum absolute atomic E-state index is 12.2. The lowest BCUT2D eigenvalue weighted by Gasteiger charge is -2.13. The maximum Gasteiger partial charge on any atom is 0.343 e. The summed E-state index contributed by atoms with van der Waals surface area (Å²) < 4.78 is 0.895. The normalized spacial score (nSPS) is 14.7. The highest BCUT2D eigenvalue weighted by Gasteiger charge is 2.29. The first kappa shape index (κ1) is 13.8. The molecule has 108 valence electrons. The van der Waals surface area contributed by atoms with Gasteiger partial charge in [-0.05, 0) is 18.6 Å². The Labute approximate surface area is 128 Å². The molecular formula is C13H10ClN3O3S. The molecule has 2 aromatic rings. The number of halogens is 1. The predicted molar refractivity (Wildman–Crippen MR) is 79.3 cm³/mol. The van der Waals surface area contributed by atoms with E-state index < -0.39 is 17.8 Å². The molecule has 1 aliphatic rings. The fraction of sp³-hybridized carbons (Fsp3) is 0.154. The lowest BCUT2D eigenvalue weighted by atomic mass is 10.2. The lowest BCUT2D eigenvalue weighted by molar-refractivity contribution is -0.118. The van der Waals surface area contributed by atoms with Crippen molar-refractivity contribution in [3.63, 3.8) is 0 Å². The summed E-state index contributed by atoms with van der Waals surface area (Å²) in [5, 5.41) is 4.14. The third kappa shape index (κ3) is 2.45. The third-order valence-corrected chi connectivity index (χ3v) is 4.68. The van der Waals surface area contributed by atoms with Gasteiger partial charge < -0.3 is 0 Å². The van der Waals surface area contributed by atoms with Crippen molar-refractivity contribution >= 4 is 50.9 Å². The third-order valence-electron chi connectivity index (χ3n) is 3.02. The topological polar surface area (TPSA) is 78.5 Å². The molecule has 2 heterocycles. The van der Waals surface area contributed by atoms with Gasteiger partial charge in [0.25, 0.3) is 5.91 Å². The summed E-state index contributed by atoms with van der Waals surface area (Å²) in [7, 11) is 0. The number of nitrogens with zero attached hydrogens (tertiary/aromatic N) is 1. The second kappa shape index (κ2) is 5.01. The van der Waals surface area contributed by atoms with Crippen molar-refractivity contribution in [2.24, 2.45) is 0 Å². The number of rotatable bonds is 2. The highest BCUT2D eigenvalue weighted by atomic mass is 35.5. The predicted octanol–water partition coefficient (Wildman–Crippen LogP) is 2.06. The average Bonchev–Trinajstić information content (AvgIpc) is 2.90. The van der Waals surface area contributed by atoms with E-state index in [1.54, 1.807) is 0 Å². The van der Waals surface area contributed by atoms with E-state index in [2.05, 4.69) is 10.7 Å². The summed E-state index contributed by atoms with van der Waals surface area (Å²) in [4.78, 5) is 35.0. The number of carbonyl (C=O) groups excluding carboxylic acids is 3. The monoisotopic (exact) mass is 323 g/mol. The minimum absolute atomic E-state index is 0.202. The Kier molecular flexibility index (Phi) is 3.30. The van der Waals surface area contributed by atoms with E-state index in [1.165, 1.54) is 11.3 Å². The Morgan fingerprint density at radius 3 is 2.86 bits per heavy atom. The molecule has 21 heavy (non-hydrogen) atoms. The molecule has 1 aromatic heterocycles. The summed E-state index contributed by atoms with van der Waals surface area (Å²) in [5.41, 5.74) is 3.45.